The summed E-state index contributed by atoms with van der Waals surface area (Å²) in [5.74, 6) is -3.31. The molecule has 1 atom stereocenters. The fraction of sp³-hybridized carbons (Fsp3) is 0.462. The van der Waals surface area contributed by atoms with Crippen molar-refractivity contribution in [2.75, 3.05) is 13.1 Å². The Morgan fingerprint density at radius 2 is 2.00 bits per heavy atom. The van der Waals surface area contributed by atoms with Crippen LogP contribution in [0.3, 0.4) is 0 Å². The number of alkyl halides is 3. The molecule has 8 heteroatoms. The average molecular weight is 372 g/mol. The number of ketones is 1. The Hall–Kier alpha value is -1.02. The number of hydrogen-bond donors (Lipinski definition) is 1. The minimum atomic E-state index is -4.76. The van der Waals surface area contributed by atoms with Crippen LogP contribution >= 0.6 is 15.9 Å². The van der Waals surface area contributed by atoms with Gasteiger partial charge in [0.05, 0.1) is 4.47 Å². The maximum Gasteiger partial charge on any atom is 0.402 e. The number of rotatable bonds is 3. The van der Waals surface area contributed by atoms with Crippen molar-refractivity contribution in [1.82, 2.24) is 5.32 Å². The Kier molecular flexibility index (Phi) is 4.39. The molecule has 1 heterocycles. The maximum atomic E-state index is 13.8. The number of hydrogen-bond acceptors (Lipinski definition) is 2. The van der Waals surface area contributed by atoms with Gasteiger partial charge >= 0.3 is 6.18 Å². The quantitative estimate of drug-likeness (QED) is 0.651. The van der Waals surface area contributed by atoms with Crippen LogP contribution in [0.4, 0.5) is 22.0 Å². The lowest BCUT2D eigenvalue weighted by atomic mass is 9.79. The normalized spacial score (nSPS) is 22.6. The SMILES string of the molecule is O=C(Cc1c(F)ccc(Br)c1F)C1(C(F)(F)F)CCNC1. The highest BCUT2D eigenvalue weighted by atomic mass is 79.9. The third-order valence-corrected chi connectivity index (χ3v) is 4.32. The van der Waals surface area contributed by atoms with E-state index in [2.05, 4.69) is 21.2 Å². The first-order chi connectivity index (χ1) is 9.69. The van der Waals surface area contributed by atoms with Crippen molar-refractivity contribution < 1.29 is 26.7 Å². The summed E-state index contributed by atoms with van der Waals surface area (Å²) in [5, 5.41) is 2.49. The van der Waals surface area contributed by atoms with Crippen LogP contribution in [0.5, 0.6) is 0 Å². The van der Waals surface area contributed by atoms with Crippen LogP contribution < -0.4 is 5.32 Å². The number of Topliss-reactive ketones (excluding diaryl/α,β-unsaturated/α-hetero) is 1. The number of carbonyl (C=O) groups is 1. The molecule has 1 N–H and O–H groups in total. The van der Waals surface area contributed by atoms with E-state index in [0.717, 1.165) is 12.1 Å². The lowest BCUT2D eigenvalue weighted by Gasteiger charge is -2.29. The largest absolute Gasteiger partial charge is 0.402 e. The summed E-state index contributed by atoms with van der Waals surface area (Å²) >= 11 is 2.82. The van der Waals surface area contributed by atoms with Crippen LogP contribution in [0, 0.1) is 17.0 Å². The predicted octanol–water partition coefficient (Wildman–Crippen LogP) is 3.38. The van der Waals surface area contributed by atoms with Crippen molar-refractivity contribution in [3.63, 3.8) is 0 Å². The van der Waals surface area contributed by atoms with E-state index in [4.69, 9.17) is 0 Å². The summed E-state index contributed by atoms with van der Waals surface area (Å²) in [6, 6.07) is 2.00. The zero-order valence-electron chi connectivity index (χ0n) is 10.7. The predicted molar refractivity (Wildman–Crippen MR) is 68.7 cm³/mol. The summed E-state index contributed by atoms with van der Waals surface area (Å²) in [6.07, 6.45) is -6.11. The first-order valence-corrected chi connectivity index (χ1v) is 6.91. The van der Waals surface area contributed by atoms with Crippen molar-refractivity contribution in [3.05, 3.63) is 33.8 Å². The Bertz CT molecular complexity index is 566. The van der Waals surface area contributed by atoms with Gasteiger partial charge in [0.15, 0.2) is 5.78 Å². The molecule has 0 aromatic heterocycles. The minimum absolute atomic E-state index is 0.0364. The average Bonchev–Trinajstić information content (AvgIpc) is 2.89. The van der Waals surface area contributed by atoms with Gasteiger partial charge < -0.3 is 5.32 Å². The molecule has 1 unspecified atom stereocenters. The van der Waals surface area contributed by atoms with Crippen LogP contribution in [-0.4, -0.2) is 25.0 Å². The highest BCUT2D eigenvalue weighted by molar-refractivity contribution is 9.10. The number of halogens is 6. The third kappa shape index (κ3) is 2.83. The van der Waals surface area contributed by atoms with Gasteiger partial charge in [-0.05, 0) is 41.0 Å². The molecular weight excluding hydrogens is 361 g/mol. The van der Waals surface area contributed by atoms with E-state index in [0.29, 0.717) is 0 Å². The summed E-state index contributed by atoms with van der Waals surface area (Å²) < 4.78 is 66.9. The fourth-order valence-electron chi connectivity index (χ4n) is 2.39. The van der Waals surface area contributed by atoms with Crippen molar-refractivity contribution in [2.45, 2.75) is 19.0 Å². The van der Waals surface area contributed by atoms with Crippen molar-refractivity contribution in [2.24, 2.45) is 5.41 Å². The molecule has 0 amide bonds. The van der Waals surface area contributed by atoms with Crippen molar-refractivity contribution in [1.29, 1.82) is 0 Å². The molecule has 21 heavy (non-hydrogen) atoms. The zero-order chi connectivity index (χ0) is 15.8. The molecule has 1 aromatic rings. The van der Waals surface area contributed by atoms with Crippen molar-refractivity contribution >= 4 is 21.7 Å². The highest BCUT2D eigenvalue weighted by Gasteiger charge is 2.60. The van der Waals surface area contributed by atoms with Crippen LogP contribution in [0.1, 0.15) is 12.0 Å². The topological polar surface area (TPSA) is 29.1 Å². The van der Waals surface area contributed by atoms with Gasteiger partial charge in [0.2, 0.25) is 0 Å². The minimum Gasteiger partial charge on any atom is -0.315 e. The first kappa shape index (κ1) is 16.4. The van der Waals surface area contributed by atoms with E-state index in [1.165, 1.54) is 0 Å². The second kappa shape index (κ2) is 5.64. The van der Waals surface area contributed by atoms with Gasteiger partial charge in [-0.2, -0.15) is 13.2 Å². The third-order valence-electron chi connectivity index (χ3n) is 3.71. The van der Waals surface area contributed by atoms with Gasteiger partial charge in [-0.15, -0.1) is 0 Å². The molecule has 2 nitrogen and oxygen atoms in total. The van der Waals surface area contributed by atoms with E-state index in [9.17, 15) is 26.7 Å². The van der Waals surface area contributed by atoms with Crippen LogP contribution in [0.25, 0.3) is 0 Å². The second-order valence-corrected chi connectivity index (χ2v) is 5.78. The molecule has 1 aliphatic rings. The van der Waals surface area contributed by atoms with E-state index in [1.54, 1.807) is 0 Å². The Balaban J connectivity index is 2.35. The maximum absolute atomic E-state index is 13.8. The molecule has 1 fully saturated rings. The lowest BCUT2D eigenvalue weighted by Crippen LogP contribution is -2.47. The van der Waals surface area contributed by atoms with E-state index in [1.807, 2.05) is 0 Å². The smallest absolute Gasteiger partial charge is 0.315 e. The molecule has 1 aromatic carbocycles. The molecule has 1 saturated heterocycles. The summed E-state index contributed by atoms with van der Waals surface area (Å²) in [7, 11) is 0. The molecule has 1 aliphatic heterocycles. The van der Waals surface area contributed by atoms with Gasteiger partial charge in [0, 0.05) is 18.5 Å². The Morgan fingerprint density at radius 3 is 2.52 bits per heavy atom. The monoisotopic (exact) mass is 371 g/mol. The zero-order valence-corrected chi connectivity index (χ0v) is 12.2. The fourth-order valence-corrected chi connectivity index (χ4v) is 2.76. The lowest BCUT2D eigenvalue weighted by molar-refractivity contribution is -0.214. The van der Waals surface area contributed by atoms with Gasteiger partial charge in [-0.25, -0.2) is 8.78 Å². The van der Waals surface area contributed by atoms with Crippen molar-refractivity contribution in [3.8, 4) is 0 Å². The van der Waals surface area contributed by atoms with Gasteiger partial charge in [-0.3, -0.25) is 4.79 Å². The molecule has 0 saturated carbocycles. The van der Waals surface area contributed by atoms with Crippen LogP contribution in [0.2, 0.25) is 0 Å². The van der Waals surface area contributed by atoms with Gasteiger partial charge in [-0.1, -0.05) is 0 Å². The highest BCUT2D eigenvalue weighted by Crippen LogP contribution is 2.44. The Morgan fingerprint density at radius 1 is 1.33 bits per heavy atom. The second-order valence-electron chi connectivity index (χ2n) is 4.93. The van der Waals surface area contributed by atoms with Gasteiger partial charge in [0.1, 0.15) is 17.0 Å². The number of carbonyl (C=O) groups excluding carboxylic acids is 1. The van der Waals surface area contributed by atoms with Gasteiger partial charge in [0.25, 0.3) is 0 Å². The van der Waals surface area contributed by atoms with Crippen LogP contribution in [-0.2, 0) is 11.2 Å². The van der Waals surface area contributed by atoms with E-state index >= 15 is 0 Å². The summed E-state index contributed by atoms with van der Waals surface area (Å²) in [6.45, 7) is -0.527. The molecular formula is C13H11BrF5NO. The molecule has 0 radical (unpaired) electrons. The summed E-state index contributed by atoms with van der Waals surface area (Å²) in [5.41, 5.74) is -3.22. The first-order valence-electron chi connectivity index (χ1n) is 6.12. The number of benzene rings is 1. The molecule has 0 spiro atoms. The Labute approximate surface area is 125 Å². The summed E-state index contributed by atoms with van der Waals surface area (Å²) in [4.78, 5) is 12.1. The standard InChI is InChI=1S/C13H11BrF5NO/c14-8-1-2-9(15)7(11(8)16)5-10(21)12(13(17,18)19)3-4-20-6-12/h1-2,20H,3-6H2. The molecule has 2 rings (SSSR count). The van der Waals surface area contributed by atoms with E-state index in [-0.39, 0.29) is 11.0 Å². The molecule has 0 bridgehead atoms. The molecule has 116 valence electrons. The molecule has 0 aliphatic carbocycles. The number of nitrogens with one attached hydrogen (secondary N) is 1. The van der Waals surface area contributed by atoms with Crippen LogP contribution in [0.15, 0.2) is 16.6 Å². The van der Waals surface area contributed by atoms with E-state index < -0.39 is 54.0 Å².